The van der Waals surface area contributed by atoms with Crippen molar-refractivity contribution < 1.29 is 28.9 Å². The molecule has 15 heavy (non-hydrogen) atoms. The molecule has 1 aromatic carbocycles. The van der Waals surface area contributed by atoms with Gasteiger partial charge < -0.3 is 4.98 Å². The minimum atomic E-state index is -0.603. The van der Waals surface area contributed by atoms with E-state index >= 15 is 0 Å². The van der Waals surface area contributed by atoms with Crippen molar-refractivity contribution in [2.75, 3.05) is 0 Å². The maximum absolute atomic E-state index is 13.2. The van der Waals surface area contributed by atoms with E-state index in [1.165, 1.54) is 12.1 Å². The second kappa shape index (κ2) is 5.10. The Labute approximate surface area is 99.5 Å². The summed E-state index contributed by atoms with van der Waals surface area (Å²) in [5, 5.41) is 0. The van der Waals surface area contributed by atoms with Crippen molar-refractivity contribution in [3.63, 3.8) is 0 Å². The first-order valence-electron chi connectivity index (χ1n) is 4.05. The van der Waals surface area contributed by atoms with E-state index in [1.807, 2.05) is 0 Å². The molecule has 1 heterocycles. The van der Waals surface area contributed by atoms with Crippen LogP contribution in [0.3, 0.4) is 0 Å². The van der Waals surface area contributed by atoms with Crippen LogP contribution in [0, 0.1) is 17.8 Å². The molecule has 0 saturated carbocycles. The van der Waals surface area contributed by atoms with E-state index in [4.69, 9.17) is 0 Å². The number of halogens is 2. The second-order valence-electron chi connectivity index (χ2n) is 2.79. The molecule has 0 N–H and O–H groups in total. The van der Waals surface area contributed by atoms with Crippen LogP contribution in [0.4, 0.5) is 8.78 Å². The summed E-state index contributed by atoms with van der Waals surface area (Å²) in [7, 11) is 0. The molecule has 2 rings (SSSR count). The number of benzene rings is 1. The van der Waals surface area contributed by atoms with Gasteiger partial charge in [-0.1, -0.05) is 17.8 Å². The molecule has 1 aromatic heterocycles. The molecule has 0 fully saturated rings. The van der Waals surface area contributed by atoms with Gasteiger partial charge in [0.25, 0.3) is 0 Å². The molecule has 0 saturated heterocycles. The van der Waals surface area contributed by atoms with Crippen LogP contribution in [0.1, 0.15) is 0 Å². The maximum Gasteiger partial charge on any atom is 0.124 e. The first-order valence-corrected chi connectivity index (χ1v) is 4.05. The fraction of sp³-hybridized carbons (Fsp3) is 0. The van der Waals surface area contributed by atoms with Crippen LogP contribution in [0.15, 0.2) is 36.5 Å². The molecule has 1 nitrogen and oxygen atoms in total. The Hall–Kier alpha value is -1.12. The van der Waals surface area contributed by atoms with Gasteiger partial charge in [0.1, 0.15) is 5.82 Å². The average Bonchev–Trinajstić information content (AvgIpc) is 2.19. The van der Waals surface area contributed by atoms with Crippen molar-refractivity contribution in [3.05, 3.63) is 54.4 Å². The standard InChI is InChI=1S/C11H6F2N.Ir/c12-9-3-4-10(11(13)6-9)8-2-1-5-14-7-8;/h1-6H;/q-1;. The van der Waals surface area contributed by atoms with E-state index in [0.29, 0.717) is 11.1 Å². The van der Waals surface area contributed by atoms with Crippen LogP contribution in [0.2, 0.25) is 0 Å². The van der Waals surface area contributed by atoms with Crippen molar-refractivity contribution >= 4 is 0 Å². The molecule has 0 aliphatic heterocycles. The van der Waals surface area contributed by atoms with E-state index in [1.54, 1.807) is 18.3 Å². The topological polar surface area (TPSA) is 12.9 Å². The minimum absolute atomic E-state index is 0. The predicted octanol–water partition coefficient (Wildman–Crippen LogP) is 2.82. The summed E-state index contributed by atoms with van der Waals surface area (Å²) in [6, 6.07) is 6.77. The van der Waals surface area contributed by atoms with Gasteiger partial charge in [0, 0.05) is 26.2 Å². The molecule has 0 spiro atoms. The predicted molar refractivity (Wildman–Crippen MR) is 48.4 cm³/mol. The van der Waals surface area contributed by atoms with Gasteiger partial charge in [-0.15, -0.1) is 17.7 Å². The zero-order valence-electron chi connectivity index (χ0n) is 7.50. The van der Waals surface area contributed by atoms with Crippen LogP contribution >= 0.6 is 0 Å². The van der Waals surface area contributed by atoms with Crippen LogP contribution in [0.25, 0.3) is 11.1 Å². The van der Waals surface area contributed by atoms with Gasteiger partial charge in [-0.2, -0.15) is 0 Å². The third-order valence-corrected chi connectivity index (χ3v) is 1.83. The van der Waals surface area contributed by atoms with Gasteiger partial charge in [0.05, 0.1) is 5.82 Å². The molecule has 0 aliphatic rings. The fourth-order valence-corrected chi connectivity index (χ4v) is 1.18. The molecule has 2 aromatic rings. The number of pyridine rings is 1. The third-order valence-electron chi connectivity index (χ3n) is 1.83. The number of hydrogen-bond acceptors (Lipinski definition) is 1. The van der Waals surface area contributed by atoms with E-state index in [0.717, 1.165) is 6.07 Å². The van der Waals surface area contributed by atoms with E-state index in [-0.39, 0.29) is 20.1 Å². The van der Waals surface area contributed by atoms with Crippen molar-refractivity contribution in [1.29, 1.82) is 0 Å². The van der Waals surface area contributed by atoms with Crippen LogP contribution < -0.4 is 0 Å². The number of rotatable bonds is 1. The first-order chi connectivity index (χ1) is 6.77. The largest absolute Gasteiger partial charge is 0.360 e. The summed E-state index contributed by atoms with van der Waals surface area (Å²) >= 11 is 0. The van der Waals surface area contributed by atoms with E-state index in [2.05, 4.69) is 11.2 Å². The van der Waals surface area contributed by atoms with Gasteiger partial charge in [-0.25, -0.2) is 8.78 Å². The van der Waals surface area contributed by atoms with Crippen molar-refractivity contribution in [2.45, 2.75) is 0 Å². The summed E-state index contributed by atoms with van der Waals surface area (Å²) in [5.41, 5.74) is 0.824. The molecular formula is C11H6F2IrN-. The van der Waals surface area contributed by atoms with Gasteiger partial charge in [-0.3, -0.25) is 0 Å². The normalized spacial score (nSPS) is 9.47. The molecule has 0 amide bonds. The van der Waals surface area contributed by atoms with Crippen molar-refractivity contribution in [1.82, 2.24) is 4.98 Å². The van der Waals surface area contributed by atoms with E-state index < -0.39 is 11.6 Å². The van der Waals surface area contributed by atoms with Crippen molar-refractivity contribution in [3.8, 4) is 11.1 Å². The molecule has 1 radical (unpaired) electrons. The Morgan fingerprint density at radius 2 is 1.93 bits per heavy atom. The Bertz CT molecular complexity index is 446. The summed E-state index contributed by atoms with van der Waals surface area (Å²) in [6.45, 7) is 0. The molecule has 0 aliphatic carbocycles. The van der Waals surface area contributed by atoms with Gasteiger partial charge >= 0.3 is 0 Å². The van der Waals surface area contributed by atoms with Crippen LogP contribution in [-0.2, 0) is 20.1 Å². The SMILES string of the molecule is Fc1ccc(-c2[c-]nccc2)c(F)c1.[Ir]. The smallest absolute Gasteiger partial charge is 0.124 e. The first kappa shape index (κ1) is 12.0. The van der Waals surface area contributed by atoms with E-state index in [9.17, 15) is 8.78 Å². The second-order valence-corrected chi connectivity index (χ2v) is 2.79. The third kappa shape index (κ3) is 2.67. The molecule has 0 atom stereocenters. The Kier molecular flexibility index (Phi) is 4.06. The Morgan fingerprint density at radius 3 is 2.53 bits per heavy atom. The molecular weight excluding hydrogens is 376 g/mol. The summed E-state index contributed by atoms with van der Waals surface area (Å²) in [5.74, 6) is -1.19. The monoisotopic (exact) mass is 383 g/mol. The summed E-state index contributed by atoms with van der Waals surface area (Å²) in [4.78, 5) is 3.74. The minimum Gasteiger partial charge on any atom is -0.360 e. The number of aromatic nitrogens is 1. The Morgan fingerprint density at radius 1 is 1.13 bits per heavy atom. The maximum atomic E-state index is 13.2. The summed E-state index contributed by atoms with van der Waals surface area (Å²) < 4.78 is 25.8. The Balaban J connectivity index is 0.00000112. The fourth-order valence-electron chi connectivity index (χ4n) is 1.18. The average molecular weight is 382 g/mol. The zero-order valence-corrected chi connectivity index (χ0v) is 9.90. The van der Waals surface area contributed by atoms with Crippen molar-refractivity contribution in [2.24, 2.45) is 0 Å². The van der Waals surface area contributed by atoms with Gasteiger partial charge in [0.15, 0.2) is 0 Å². The molecule has 0 bridgehead atoms. The number of nitrogens with zero attached hydrogens (tertiary/aromatic N) is 1. The summed E-state index contributed by atoms with van der Waals surface area (Å²) in [6.07, 6.45) is 4.18. The van der Waals surface area contributed by atoms with Gasteiger partial charge in [0.2, 0.25) is 0 Å². The quantitative estimate of drug-likeness (QED) is 0.692. The zero-order chi connectivity index (χ0) is 9.97. The molecule has 4 heteroatoms. The molecule has 0 unspecified atom stereocenters. The molecule has 79 valence electrons. The van der Waals surface area contributed by atoms with Crippen LogP contribution in [-0.4, -0.2) is 4.98 Å². The van der Waals surface area contributed by atoms with Crippen LogP contribution in [0.5, 0.6) is 0 Å². The van der Waals surface area contributed by atoms with Gasteiger partial charge in [-0.05, 0) is 12.3 Å². The number of hydrogen-bond donors (Lipinski definition) is 0.